The van der Waals surface area contributed by atoms with E-state index in [9.17, 15) is 9.59 Å². The molecule has 0 fully saturated rings. The number of hydrogen-bond acceptors (Lipinski definition) is 6. The van der Waals surface area contributed by atoms with Crippen molar-refractivity contribution >= 4 is 88.4 Å². The first-order chi connectivity index (χ1) is 44.4. The van der Waals surface area contributed by atoms with Gasteiger partial charge in [0.15, 0.2) is 10.9 Å². The quantitative estimate of drug-likeness (QED) is 0.0356. The molecule has 9 aromatic rings. The summed E-state index contributed by atoms with van der Waals surface area (Å²) in [5.41, 5.74) is 8.31. The highest BCUT2D eigenvalue weighted by Gasteiger charge is 2.22. The van der Waals surface area contributed by atoms with Crippen molar-refractivity contribution < 1.29 is 0 Å². The SMILES string of the molecule is CCCCCCCCCCCCc1cc(-c2sccc2CCCCCCCCCCCC)sc1-c1ccc2c(c1)c(=O)c1cc3c(cc12)c(=O)c1cc(-c2sc(-c4sccc4CCCCCCCCCCCC)cc2CCCCCCCCCCCC)ccc13. The number of hydrogen-bond donors (Lipinski definition) is 0. The lowest BCUT2D eigenvalue weighted by molar-refractivity contribution is 0.556. The first kappa shape index (κ1) is 70.1. The molecule has 0 amide bonds. The molecular weight excluding hydrogens is 1170 g/mol. The molecule has 0 N–H and O–H groups in total. The van der Waals surface area contributed by atoms with Gasteiger partial charge < -0.3 is 0 Å². The summed E-state index contributed by atoms with van der Waals surface area (Å²) in [6.07, 6.45) is 58.2. The van der Waals surface area contributed by atoms with E-state index in [1.807, 2.05) is 45.3 Å². The minimum Gasteiger partial charge on any atom is -0.289 e. The van der Waals surface area contributed by atoms with Crippen molar-refractivity contribution in [3.63, 3.8) is 0 Å². The molecule has 0 atom stereocenters. The van der Waals surface area contributed by atoms with E-state index in [2.05, 4.69) is 111 Å². The number of rotatable bonds is 48. The lowest BCUT2D eigenvalue weighted by Gasteiger charge is -2.06. The summed E-state index contributed by atoms with van der Waals surface area (Å²) < 4.78 is 0. The van der Waals surface area contributed by atoms with Crippen molar-refractivity contribution in [3.8, 4) is 40.4 Å². The Morgan fingerprint density at radius 2 is 0.511 bits per heavy atom. The zero-order chi connectivity index (χ0) is 62.5. The van der Waals surface area contributed by atoms with Crippen molar-refractivity contribution in [2.75, 3.05) is 0 Å². The Kier molecular flexibility index (Phi) is 30.3. The molecule has 0 aliphatic rings. The van der Waals surface area contributed by atoms with Crippen molar-refractivity contribution in [2.45, 2.75) is 310 Å². The molecule has 0 spiro atoms. The fraction of sp³-hybridized carbons (Fsp3) is 0.571. The van der Waals surface area contributed by atoms with Gasteiger partial charge in [0.05, 0.1) is 0 Å². The predicted octanol–water partition coefficient (Wildman–Crippen LogP) is 28.7. The number of unbranched alkanes of at least 4 members (excludes halogenated alkanes) is 36. The fourth-order valence-electron chi connectivity index (χ4n) is 14.6. The van der Waals surface area contributed by atoms with Crippen molar-refractivity contribution in [2.24, 2.45) is 0 Å². The van der Waals surface area contributed by atoms with Gasteiger partial charge in [-0.1, -0.05) is 283 Å². The van der Waals surface area contributed by atoms with Crippen LogP contribution >= 0.6 is 45.3 Å². The summed E-state index contributed by atoms with van der Waals surface area (Å²) in [5.74, 6) is 0. The molecular formula is C84H114O2S4. The monoisotopic (exact) mass is 1280 g/mol. The number of aryl methyl sites for hydroxylation is 4. The molecule has 9 rings (SSSR count). The Morgan fingerprint density at radius 3 is 0.811 bits per heavy atom. The second kappa shape index (κ2) is 38.9. The third-order valence-corrected chi connectivity index (χ3v) is 24.8. The highest BCUT2D eigenvalue weighted by Crippen LogP contribution is 2.46. The highest BCUT2D eigenvalue weighted by atomic mass is 32.1. The van der Waals surface area contributed by atoms with Crippen LogP contribution in [0.3, 0.4) is 0 Å². The summed E-state index contributed by atoms with van der Waals surface area (Å²) in [5, 5.41) is 11.3. The van der Waals surface area contributed by atoms with Gasteiger partial charge in [-0.25, -0.2) is 0 Å². The third-order valence-electron chi connectivity index (χ3n) is 20.0. The zero-order valence-corrected chi connectivity index (χ0v) is 59.9. The largest absolute Gasteiger partial charge is 0.289 e. The molecule has 4 aromatic heterocycles. The second-order valence-corrected chi connectivity index (χ2v) is 31.3. The topological polar surface area (TPSA) is 34.1 Å². The van der Waals surface area contributed by atoms with Crippen LogP contribution in [0.5, 0.6) is 0 Å². The molecule has 4 heterocycles. The highest BCUT2D eigenvalue weighted by molar-refractivity contribution is 7.24. The first-order valence-corrected chi connectivity index (χ1v) is 40.8. The Hall–Kier alpha value is -4.20. The maximum absolute atomic E-state index is 14.9. The molecule has 0 aliphatic heterocycles. The van der Waals surface area contributed by atoms with E-state index in [-0.39, 0.29) is 10.9 Å². The van der Waals surface area contributed by atoms with E-state index in [0.29, 0.717) is 0 Å². The van der Waals surface area contributed by atoms with Gasteiger partial charge >= 0.3 is 0 Å². The Balaban J connectivity index is 0.939. The van der Waals surface area contributed by atoms with Gasteiger partial charge in [-0.15, -0.1) is 45.3 Å². The molecule has 2 nitrogen and oxygen atoms in total. The smallest absolute Gasteiger partial charge is 0.194 e. The predicted molar refractivity (Wildman–Crippen MR) is 407 cm³/mol. The molecule has 0 saturated carbocycles. The van der Waals surface area contributed by atoms with Gasteiger partial charge in [-0.05, 0) is 166 Å². The zero-order valence-electron chi connectivity index (χ0n) is 56.6. The van der Waals surface area contributed by atoms with Gasteiger partial charge in [0.2, 0.25) is 0 Å². The minimum atomic E-state index is 0.0797. The van der Waals surface area contributed by atoms with Crippen LogP contribution in [-0.2, 0) is 25.7 Å². The van der Waals surface area contributed by atoms with Crippen molar-refractivity contribution in [3.05, 3.63) is 126 Å². The standard InChI is InChI=1S/C84H114O2S4/c1-5-9-13-17-21-25-29-33-37-41-45-63-53-55-87-83(63)77-59-65(47-43-39-35-31-27-23-19-15-11-7-3)81(89-77)67-49-51-69-71-61-76-72(62-75(71)79(85)73(69)57-67)70-52-50-68(58-74(70)80(76)86)82-66(48-44-40-36-32-28-24-20-16-12-8-4)60-78(90-82)84-64(54-56-88-84)46-42-38-34-30-26-22-18-14-10-6-2/h49-62H,5-48H2,1-4H3. The molecule has 0 bridgehead atoms. The summed E-state index contributed by atoms with van der Waals surface area (Å²) in [4.78, 5) is 38.0. The van der Waals surface area contributed by atoms with Gasteiger partial charge in [0.1, 0.15) is 0 Å². The normalized spacial score (nSPS) is 12.0. The van der Waals surface area contributed by atoms with Crippen molar-refractivity contribution in [1.82, 2.24) is 0 Å². The van der Waals surface area contributed by atoms with Gasteiger partial charge in [-0.3, -0.25) is 9.59 Å². The fourth-order valence-corrected chi connectivity index (χ4v) is 19.2. The number of benzene rings is 3. The van der Waals surface area contributed by atoms with Crippen LogP contribution in [0.1, 0.15) is 307 Å². The Morgan fingerprint density at radius 1 is 0.244 bits per heavy atom. The lowest BCUT2D eigenvalue weighted by Crippen LogP contribution is -1.95. The van der Waals surface area contributed by atoms with E-state index >= 15 is 0 Å². The average Bonchev–Trinajstić information content (AvgIpc) is 1.59. The van der Waals surface area contributed by atoms with Crippen molar-refractivity contribution in [1.29, 1.82) is 0 Å². The molecule has 90 heavy (non-hydrogen) atoms. The minimum absolute atomic E-state index is 0.0797. The number of thiophene rings is 4. The van der Waals surface area contributed by atoms with Gasteiger partial charge in [0.25, 0.3) is 0 Å². The van der Waals surface area contributed by atoms with Crippen LogP contribution in [0.2, 0.25) is 0 Å². The van der Waals surface area contributed by atoms with E-state index in [1.54, 1.807) is 0 Å². The second-order valence-electron chi connectivity index (χ2n) is 27.3. The van der Waals surface area contributed by atoms with Crippen LogP contribution in [0.15, 0.2) is 93.1 Å². The van der Waals surface area contributed by atoms with Crippen LogP contribution in [-0.4, -0.2) is 0 Å². The summed E-state index contributed by atoms with van der Waals surface area (Å²) in [7, 11) is 0. The number of fused-ring (bicyclic) bond motifs is 6. The van der Waals surface area contributed by atoms with Crippen LogP contribution in [0.25, 0.3) is 83.5 Å². The van der Waals surface area contributed by atoms with E-state index in [4.69, 9.17) is 0 Å². The van der Waals surface area contributed by atoms with E-state index < -0.39 is 0 Å². The molecule has 5 aromatic carbocycles. The molecule has 0 radical (unpaired) electrons. The molecule has 0 saturated heterocycles. The molecule has 6 heteroatoms. The third kappa shape index (κ3) is 19.9. The Labute approximate surface area is 561 Å². The van der Waals surface area contributed by atoms with Crippen LogP contribution < -0.4 is 10.9 Å². The van der Waals surface area contributed by atoms with E-state index in [0.717, 1.165) is 79.9 Å². The van der Waals surface area contributed by atoms with Gasteiger partial charge in [0, 0.05) is 50.8 Å². The lowest BCUT2D eigenvalue weighted by atomic mass is 10.00. The first-order valence-electron chi connectivity index (χ1n) is 37.4. The van der Waals surface area contributed by atoms with Crippen LogP contribution in [0.4, 0.5) is 0 Å². The molecule has 0 unspecified atom stereocenters. The summed E-state index contributed by atoms with van der Waals surface area (Å²) in [6.45, 7) is 9.21. The van der Waals surface area contributed by atoms with Crippen LogP contribution in [0, 0.1) is 0 Å². The molecule has 0 aliphatic carbocycles. The summed E-state index contributed by atoms with van der Waals surface area (Å²) in [6, 6.07) is 27.2. The van der Waals surface area contributed by atoms with Gasteiger partial charge in [-0.2, -0.15) is 0 Å². The Bertz CT molecular complexity index is 3370. The average molecular weight is 1280 g/mol. The summed E-state index contributed by atoms with van der Waals surface area (Å²) >= 11 is 7.69. The maximum atomic E-state index is 14.9. The van der Waals surface area contributed by atoms with E-state index in [1.165, 1.54) is 308 Å². The maximum Gasteiger partial charge on any atom is 0.194 e. The molecule has 486 valence electrons.